The highest BCUT2D eigenvalue weighted by Gasteiger charge is 2.31. The Bertz CT molecular complexity index is 517. The molecule has 2 atom stereocenters. The van der Waals surface area contributed by atoms with Crippen LogP contribution in [0.5, 0.6) is 0 Å². The number of nitrogens with zero attached hydrogens (tertiary/aromatic N) is 1. The van der Waals surface area contributed by atoms with Crippen molar-refractivity contribution >= 4 is 17.7 Å². The SMILES string of the molecule is CC(N)C1CCCCN1C(=O)c1ccc(SC(F)(F)F)cc1. The Balaban J connectivity index is 2.11. The largest absolute Gasteiger partial charge is 0.446 e. The van der Waals surface area contributed by atoms with E-state index in [0.717, 1.165) is 19.3 Å². The number of carbonyl (C=O) groups is 1. The van der Waals surface area contributed by atoms with Gasteiger partial charge >= 0.3 is 5.51 Å². The number of thioether (sulfide) groups is 1. The van der Waals surface area contributed by atoms with Gasteiger partial charge in [-0.05, 0) is 62.2 Å². The molecule has 1 heterocycles. The van der Waals surface area contributed by atoms with Crippen molar-refractivity contribution in [3.05, 3.63) is 29.8 Å². The lowest BCUT2D eigenvalue weighted by molar-refractivity contribution is -0.0328. The monoisotopic (exact) mass is 332 g/mol. The van der Waals surface area contributed by atoms with E-state index < -0.39 is 5.51 Å². The van der Waals surface area contributed by atoms with Crippen LogP contribution in [0.15, 0.2) is 29.2 Å². The normalized spacial score (nSPS) is 20.8. The molecule has 1 aromatic carbocycles. The van der Waals surface area contributed by atoms with Gasteiger partial charge in [-0.1, -0.05) is 0 Å². The summed E-state index contributed by atoms with van der Waals surface area (Å²) in [7, 11) is 0. The van der Waals surface area contributed by atoms with Gasteiger partial charge in [0, 0.05) is 29.1 Å². The Morgan fingerprint density at radius 2 is 1.95 bits per heavy atom. The number of hydrogen-bond donors (Lipinski definition) is 1. The molecule has 0 aromatic heterocycles. The molecule has 2 N–H and O–H groups in total. The smallest absolute Gasteiger partial charge is 0.334 e. The number of piperidine rings is 1. The zero-order valence-corrected chi connectivity index (χ0v) is 13.1. The van der Waals surface area contributed by atoms with Crippen LogP contribution in [-0.4, -0.2) is 34.9 Å². The highest BCUT2D eigenvalue weighted by Crippen LogP contribution is 2.36. The number of alkyl halides is 3. The topological polar surface area (TPSA) is 46.3 Å². The third kappa shape index (κ3) is 4.39. The molecule has 2 rings (SSSR count). The maximum Gasteiger partial charge on any atom is 0.446 e. The van der Waals surface area contributed by atoms with Crippen LogP contribution < -0.4 is 5.73 Å². The molecule has 22 heavy (non-hydrogen) atoms. The van der Waals surface area contributed by atoms with Gasteiger partial charge in [-0.3, -0.25) is 4.79 Å². The minimum absolute atomic E-state index is 0.00882. The zero-order valence-electron chi connectivity index (χ0n) is 12.3. The van der Waals surface area contributed by atoms with E-state index in [0.29, 0.717) is 12.1 Å². The van der Waals surface area contributed by atoms with Crippen molar-refractivity contribution in [3.63, 3.8) is 0 Å². The molecule has 0 radical (unpaired) electrons. The first-order valence-electron chi connectivity index (χ1n) is 7.20. The zero-order chi connectivity index (χ0) is 16.3. The van der Waals surface area contributed by atoms with Crippen molar-refractivity contribution in [1.82, 2.24) is 4.90 Å². The molecule has 122 valence electrons. The molecule has 1 aliphatic rings. The Morgan fingerprint density at radius 3 is 2.50 bits per heavy atom. The van der Waals surface area contributed by atoms with Crippen LogP contribution in [0.2, 0.25) is 0 Å². The van der Waals surface area contributed by atoms with E-state index in [-0.39, 0.29) is 34.6 Å². The van der Waals surface area contributed by atoms with Gasteiger partial charge in [-0.2, -0.15) is 13.2 Å². The molecule has 0 saturated carbocycles. The summed E-state index contributed by atoms with van der Waals surface area (Å²) in [6, 6.07) is 5.42. The van der Waals surface area contributed by atoms with Crippen molar-refractivity contribution in [1.29, 1.82) is 0 Å². The first-order chi connectivity index (χ1) is 10.3. The van der Waals surface area contributed by atoms with Gasteiger partial charge < -0.3 is 10.6 Å². The third-order valence-electron chi connectivity index (χ3n) is 3.75. The lowest BCUT2D eigenvalue weighted by atomic mass is 9.96. The number of hydrogen-bond acceptors (Lipinski definition) is 3. The fourth-order valence-corrected chi connectivity index (χ4v) is 3.26. The molecule has 0 bridgehead atoms. The fraction of sp³-hybridized carbons (Fsp3) is 0.533. The van der Waals surface area contributed by atoms with E-state index in [9.17, 15) is 18.0 Å². The van der Waals surface area contributed by atoms with Gasteiger partial charge in [0.15, 0.2) is 0 Å². The minimum atomic E-state index is -4.32. The summed E-state index contributed by atoms with van der Waals surface area (Å²) < 4.78 is 36.9. The summed E-state index contributed by atoms with van der Waals surface area (Å²) in [5.74, 6) is -0.162. The van der Waals surface area contributed by atoms with Crippen LogP contribution in [0.1, 0.15) is 36.5 Å². The van der Waals surface area contributed by atoms with Gasteiger partial charge in [0.25, 0.3) is 5.91 Å². The Morgan fingerprint density at radius 1 is 1.32 bits per heavy atom. The van der Waals surface area contributed by atoms with Gasteiger partial charge in [0.1, 0.15) is 0 Å². The van der Waals surface area contributed by atoms with Crippen LogP contribution in [-0.2, 0) is 0 Å². The number of rotatable bonds is 3. The summed E-state index contributed by atoms with van der Waals surface area (Å²) in [5.41, 5.74) is 2.03. The number of carbonyl (C=O) groups excluding carboxylic acids is 1. The second-order valence-corrected chi connectivity index (χ2v) is 6.63. The van der Waals surface area contributed by atoms with E-state index >= 15 is 0 Å². The van der Waals surface area contributed by atoms with Gasteiger partial charge in [-0.15, -0.1) is 0 Å². The minimum Gasteiger partial charge on any atom is -0.334 e. The third-order valence-corrected chi connectivity index (χ3v) is 4.49. The highest BCUT2D eigenvalue weighted by atomic mass is 32.2. The van der Waals surface area contributed by atoms with Crippen LogP contribution in [0.4, 0.5) is 13.2 Å². The van der Waals surface area contributed by atoms with Crippen LogP contribution in [0, 0.1) is 0 Å². The Labute approximate surface area is 132 Å². The lowest BCUT2D eigenvalue weighted by Gasteiger charge is -2.38. The number of likely N-dealkylation sites (tertiary alicyclic amines) is 1. The van der Waals surface area contributed by atoms with Crippen LogP contribution in [0.25, 0.3) is 0 Å². The second-order valence-electron chi connectivity index (χ2n) is 5.49. The Hall–Kier alpha value is -1.21. The summed E-state index contributed by atoms with van der Waals surface area (Å²) in [6.07, 6.45) is 2.83. The molecule has 0 spiro atoms. The first kappa shape index (κ1) is 17.1. The maximum atomic E-state index is 12.6. The van der Waals surface area contributed by atoms with E-state index in [1.165, 1.54) is 24.3 Å². The lowest BCUT2D eigenvalue weighted by Crippen LogP contribution is -2.51. The maximum absolute atomic E-state index is 12.6. The van der Waals surface area contributed by atoms with Crippen molar-refractivity contribution in [2.45, 2.75) is 48.7 Å². The van der Waals surface area contributed by atoms with Crippen LogP contribution in [0.3, 0.4) is 0 Å². The fourth-order valence-electron chi connectivity index (χ4n) is 2.72. The van der Waals surface area contributed by atoms with Crippen molar-refractivity contribution in [2.24, 2.45) is 5.73 Å². The Kier molecular flexibility index (Phi) is 5.39. The van der Waals surface area contributed by atoms with E-state index in [2.05, 4.69) is 0 Å². The van der Waals surface area contributed by atoms with E-state index in [4.69, 9.17) is 5.73 Å². The van der Waals surface area contributed by atoms with Gasteiger partial charge in [0.05, 0.1) is 0 Å². The predicted molar refractivity (Wildman–Crippen MR) is 80.7 cm³/mol. The molecular weight excluding hydrogens is 313 g/mol. The quantitative estimate of drug-likeness (QED) is 0.860. The number of amides is 1. The second kappa shape index (κ2) is 6.91. The molecule has 1 aromatic rings. The molecule has 2 unspecified atom stereocenters. The molecule has 7 heteroatoms. The summed E-state index contributed by atoms with van der Waals surface area (Å²) in [6.45, 7) is 2.52. The molecule has 1 aliphatic heterocycles. The average Bonchev–Trinajstić information content (AvgIpc) is 2.45. The van der Waals surface area contributed by atoms with Crippen LogP contribution >= 0.6 is 11.8 Å². The van der Waals surface area contributed by atoms with Crippen molar-refractivity contribution in [2.75, 3.05) is 6.54 Å². The molecule has 1 saturated heterocycles. The first-order valence-corrected chi connectivity index (χ1v) is 8.02. The van der Waals surface area contributed by atoms with Crippen molar-refractivity contribution < 1.29 is 18.0 Å². The number of halogens is 3. The van der Waals surface area contributed by atoms with E-state index in [1.54, 1.807) is 4.90 Å². The highest BCUT2D eigenvalue weighted by molar-refractivity contribution is 8.00. The summed E-state index contributed by atoms with van der Waals surface area (Å²) >= 11 is -0.183. The summed E-state index contributed by atoms with van der Waals surface area (Å²) in [4.78, 5) is 14.4. The predicted octanol–water partition coefficient (Wildman–Crippen LogP) is 3.64. The standard InChI is InChI=1S/C15H19F3N2OS/c1-10(19)13-4-2-3-9-20(13)14(21)11-5-7-12(8-6-11)22-15(16,17)18/h5-8,10,13H,2-4,9,19H2,1H3. The van der Waals surface area contributed by atoms with E-state index in [1.807, 2.05) is 6.92 Å². The molecular formula is C15H19F3N2OS. The molecule has 0 aliphatic carbocycles. The molecule has 1 amide bonds. The van der Waals surface area contributed by atoms with Gasteiger partial charge in [-0.25, -0.2) is 0 Å². The van der Waals surface area contributed by atoms with Gasteiger partial charge in [0.2, 0.25) is 0 Å². The molecule has 3 nitrogen and oxygen atoms in total. The average molecular weight is 332 g/mol. The number of nitrogens with two attached hydrogens (primary N) is 1. The number of benzene rings is 1. The summed E-state index contributed by atoms with van der Waals surface area (Å²) in [5, 5.41) is 0. The molecule has 1 fully saturated rings. The van der Waals surface area contributed by atoms with Crippen molar-refractivity contribution in [3.8, 4) is 0 Å².